The Balaban J connectivity index is 2.51. The first kappa shape index (κ1) is 14.0. The van der Waals surface area contributed by atoms with Crippen LogP contribution in [0, 0.1) is 13.8 Å². The zero-order valence-corrected chi connectivity index (χ0v) is 11.2. The number of benzene rings is 1. The Morgan fingerprint density at radius 2 is 2.06 bits per heavy atom. The highest BCUT2D eigenvalue weighted by molar-refractivity contribution is 5.35. The lowest BCUT2D eigenvalue weighted by atomic mass is 10.0. The Morgan fingerprint density at radius 3 is 2.59 bits per heavy atom. The average molecular weight is 237 g/mol. The number of nitrogens with one attached hydrogen (secondary N) is 1. The standard InChI is InChI=1S/C14H23NO2/c1-11-5-6-13(12(2)9-11)17-8-7-14(3,10-16)15-4/h5-6,9,15-16H,7-8,10H2,1-4H3. The Labute approximate surface area is 104 Å². The van der Waals surface area contributed by atoms with Gasteiger partial charge in [-0.1, -0.05) is 17.7 Å². The van der Waals surface area contributed by atoms with Gasteiger partial charge in [-0.15, -0.1) is 0 Å². The van der Waals surface area contributed by atoms with Crippen molar-refractivity contribution in [2.75, 3.05) is 20.3 Å². The molecular weight excluding hydrogens is 214 g/mol. The molecule has 0 aliphatic carbocycles. The lowest BCUT2D eigenvalue weighted by Gasteiger charge is -2.26. The van der Waals surface area contributed by atoms with Gasteiger partial charge in [0.1, 0.15) is 5.75 Å². The Kier molecular flexibility index (Phi) is 4.97. The van der Waals surface area contributed by atoms with Crippen LogP contribution < -0.4 is 10.1 Å². The van der Waals surface area contributed by atoms with Crippen molar-refractivity contribution >= 4 is 0 Å². The molecule has 17 heavy (non-hydrogen) atoms. The first-order valence-corrected chi connectivity index (χ1v) is 6.00. The summed E-state index contributed by atoms with van der Waals surface area (Å²) in [5.74, 6) is 0.923. The van der Waals surface area contributed by atoms with Crippen molar-refractivity contribution in [3.63, 3.8) is 0 Å². The molecule has 0 spiro atoms. The van der Waals surface area contributed by atoms with Crippen LogP contribution in [0.15, 0.2) is 18.2 Å². The van der Waals surface area contributed by atoms with Gasteiger partial charge < -0.3 is 15.2 Å². The van der Waals surface area contributed by atoms with E-state index in [-0.39, 0.29) is 12.1 Å². The molecule has 0 aliphatic rings. The van der Waals surface area contributed by atoms with E-state index in [9.17, 15) is 5.11 Å². The molecule has 0 aromatic heterocycles. The molecule has 1 aromatic rings. The van der Waals surface area contributed by atoms with Crippen LogP contribution in [0.4, 0.5) is 0 Å². The molecule has 0 saturated heterocycles. The van der Waals surface area contributed by atoms with Crippen molar-refractivity contribution in [3.05, 3.63) is 29.3 Å². The van der Waals surface area contributed by atoms with Gasteiger partial charge in [-0.3, -0.25) is 0 Å². The van der Waals surface area contributed by atoms with E-state index in [2.05, 4.69) is 18.3 Å². The molecular formula is C14H23NO2. The quantitative estimate of drug-likeness (QED) is 0.795. The largest absolute Gasteiger partial charge is 0.493 e. The molecule has 2 N–H and O–H groups in total. The number of rotatable bonds is 6. The zero-order valence-electron chi connectivity index (χ0n) is 11.2. The maximum Gasteiger partial charge on any atom is 0.122 e. The zero-order chi connectivity index (χ0) is 12.9. The molecule has 3 heteroatoms. The van der Waals surface area contributed by atoms with Crippen LogP contribution in [0.25, 0.3) is 0 Å². The minimum Gasteiger partial charge on any atom is -0.493 e. The summed E-state index contributed by atoms with van der Waals surface area (Å²) >= 11 is 0. The molecule has 0 aliphatic heterocycles. The van der Waals surface area contributed by atoms with Crippen LogP contribution in [0.5, 0.6) is 5.75 Å². The van der Waals surface area contributed by atoms with E-state index in [0.29, 0.717) is 6.61 Å². The molecule has 0 saturated carbocycles. The number of hydrogen-bond donors (Lipinski definition) is 2. The lowest BCUT2D eigenvalue weighted by molar-refractivity contribution is 0.151. The molecule has 0 bridgehead atoms. The summed E-state index contributed by atoms with van der Waals surface area (Å²) in [5, 5.41) is 12.4. The van der Waals surface area contributed by atoms with Gasteiger partial charge in [-0.25, -0.2) is 0 Å². The van der Waals surface area contributed by atoms with Gasteiger partial charge >= 0.3 is 0 Å². The SMILES string of the molecule is CNC(C)(CO)CCOc1ccc(C)cc1C. The number of aryl methyl sites for hydroxylation is 2. The van der Waals surface area contributed by atoms with E-state index in [1.54, 1.807) is 0 Å². The van der Waals surface area contributed by atoms with Crippen LogP contribution in [0.2, 0.25) is 0 Å². The highest BCUT2D eigenvalue weighted by Gasteiger charge is 2.20. The fraction of sp³-hybridized carbons (Fsp3) is 0.571. The first-order valence-electron chi connectivity index (χ1n) is 6.00. The fourth-order valence-electron chi connectivity index (χ4n) is 1.63. The van der Waals surface area contributed by atoms with E-state index in [1.807, 2.05) is 33.0 Å². The maximum atomic E-state index is 9.26. The van der Waals surface area contributed by atoms with Crippen LogP contribution in [0.3, 0.4) is 0 Å². The third-order valence-corrected chi connectivity index (χ3v) is 3.19. The number of likely N-dealkylation sites (N-methyl/N-ethyl adjacent to an activating group) is 1. The molecule has 1 unspecified atom stereocenters. The van der Waals surface area contributed by atoms with Gasteiger partial charge in [0, 0.05) is 12.0 Å². The van der Waals surface area contributed by atoms with Gasteiger partial charge in [0.2, 0.25) is 0 Å². The van der Waals surface area contributed by atoms with Gasteiger partial charge in [0.15, 0.2) is 0 Å². The van der Waals surface area contributed by atoms with E-state index in [1.165, 1.54) is 5.56 Å². The minimum absolute atomic E-state index is 0.111. The Bertz CT molecular complexity index is 359. The van der Waals surface area contributed by atoms with Crippen molar-refractivity contribution in [1.82, 2.24) is 5.32 Å². The predicted octanol–water partition coefficient (Wildman–Crippen LogP) is 2.04. The second kappa shape index (κ2) is 6.03. The maximum absolute atomic E-state index is 9.26. The van der Waals surface area contributed by atoms with Crippen LogP contribution in [-0.2, 0) is 0 Å². The van der Waals surface area contributed by atoms with E-state index < -0.39 is 0 Å². The second-order valence-electron chi connectivity index (χ2n) is 4.84. The summed E-state index contributed by atoms with van der Waals surface area (Å²) in [6.45, 7) is 6.81. The summed E-state index contributed by atoms with van der Waals surface area (Å²) < 4.78 is 5.74. The summed E-state index contributed by atoms with van der Waals surface area (Å²) in [5.41, 5.74) is 2.13. The van der Waals surface area contributed by atoms with Crippen molar-refractivity contribution in [3.8, 4) is 5.75 Å². The second-order valence-corrected chi connectivity index (χ2v) is 4.84. The van der Waals surface area contributed by atoms with Crippen molar-refractivity contribution in [2.24, 2.45) is 0 Å². The highest BCUT2D eigenvalue weighted by Crippen LogP contribution is 2.19. The van der Waals surface area contributed by atoms with Crippen LogP contribution in [-0.4, -0.2) is 30.9 Å². The van der Waals surface area contributed by atoms with Gasteiger partial charge in [-0.2, -0.15) is 0 Å². The topological polar surface area (TPSA) is 41.5 Å². The number of aliphatic hydroxyl groups excluding tert-OH is 1. The molecule has 0 radical (unpaired) electrons. The summed E-state index contributed by atoms with van der Waals surface area (Å²) in [6.07, 6.45) is 0.771. The van der Waals surface area contributed by atoms with E-state index in [0.717, 1.165) is 17.7 Å². The summed E-state index contributed by atoms with van der Waals surface area (Å²) in [6, 6.07) is 6.16. The third kappa shape index (κ3) is 4.02. The van der Waals surface area contributed by atoms with E-state index >= 15 is 0 Å². The molecule has 0 amide bonds. The lowest BCUT2D eigenvalue weighted by Crippen LogP contribution is -2.44. The smallest absolute Gasteiger partial charge is 0.122 e. The number of aliphatic hydroxyl groups is 1. The van der Waals surface area contributed by atoms with Crippen LogP contribution in [0.1, 0.15) is 24.5 Å². The first-order chi connectivity index (χ1) is 8.00. The third-order valence-electron chi connectivity index (χ3n) is 3.19. The molecule has 3 nitrogen and oxygen atoms in total. The molecule has 0 heterocycles. The summed E-state index contributed by atoms with van der Waals surface area (Å²) in [4.78, 5) is 0. The summed E-state index contributed by atoms with van der Waals surface area (Å²) in [7, 11) is 1.85. The van der Waals surface area contributed by atoms with Crippen molar-refractivity contribution in [1.29, 1.82) is 0 Å². The molecule has 1 aromatic carbocycles. The van der Waals surface area contributed by atoms with Gasteiger partial charge in [0.25, 0.3) is 0 Å². The highest BCUT2D eigenvalue weighted by atomic mass is 16.5. The fourth-order valence-corrected chi connectivity index (χ4v) is 1.63. The van der Waals surface area contributed by atoms with Crippen molar-refractivity contribution < 1.29 is 9.84 Å². The minimum atomic E-state index is -0.265. The number of ether oxygens (including phenoxy) is 1. The molecule has 1 rings (SSSR count). The average Bonchev–Trinajstić information content (AvgIpc) is 2.32. The molecule has 96 valence electrons. The van der Waals surface area contributed by atoms with Gasteiger partial charge in [-0.05, 0) is 39.4 Å². The van der Waals surface area contributed by atoms with Crippen molar-refractivity contribution in [2.45, 2.75) is 32.7 Å². The van der Waals surface area contributed by atoms with E-state index in [4.69, 9.17) is 4.74 Å². The molecule has 1 atom stereocenters. The Hall–Kier alpha value is -1.06. The Morgan fingerprint density at radius 1 is 1.35 bits per heavy atom. The van der Waals surface area contributed by atoms with Crippen LogP contribution >= 0.6 is 0 Å². The predicted molar refractivity (Wildman–Crippen MR) is 70.6 cm³/mol. The normalized spacial score (nSPS) is 14.4. The number of hydrogen-bond acceptors (Lipinski definition) is 3. The van der Waals surface area contributed by atoms with Gasteiger partial charge in [0.05, 0.1) is 13.2 Å². The monoisotopic (exact) mass is 237 g/mol. The molecule has 0 fully saturated rings.